The largest absolute Gasteiger partial charge is 0.389 e. The second kappa shape index (κ2) is 9.93. The van der Waals surface area contributed by atoms with Crippen LogP contribution in [0.5, 0.6) is 0 Å². The van der Waals surface area contributed by atoms with Crippen LogP contribution in [0.25, 0.3) is 0 Å². The summed E-state index contributed by atoms with van der Waals surface area (Å²) in [4.78, 5) is 0.454. The highest BCUT2D eigenvalue weighted by Crippen LogP contribution is 2.31. The van der Waals surface area contributed by atoms with E-state index < -0.39 is 11.9 Å². The number of alkyl halides is 2. The summed E-state index contributed by atoms with van der Waals surface area (Å²) in [6.45, 7) is 1.27. The number of nitrogens with one attached hydrogen (secondary N) is 1. The summed E-state index contributed by atoms with van der Waals surface area (Å²) in [6.07, 6.45) is -0.712. The number of aliphatic hydroxyl groups is 1. The number of rotatable bonds is 10. The van der Waals surface area contributed by atoms with Gasteiger partial charge in [0.15, 0.2) is 0 Å². The first kappa shape index (κ1) is 17.2. The van der Waals surface area contributed by atoms with Gasteiger partial charge in [-0.15, -0.1) is 0 Å². The lowest BCUT2D eigenvalue weighted by molar-refractivity contribution is 0.0182. The maximum absolute atomic E-state index is 12.4. The van der Waals surface area contributed by atoms with Crippen molar-refractivity contribution in [2.45, 2.75) is 16.8 Å². The van der Waals surface area contributed by atoms with Gasteiger partial charge in [0.2, 0.25) is 0 Å². The zero-order chi connectivity index (χ0) is 14.8. The van der Waals surface area contributed by atoms with E-state index in [2.05, 4.69) is 5.32 Å². The average Bonchev–Trinajstić information content (AvgIpc) is 2.42. The molecule has 0 heterocycles. The SMILES string of the molecule is COCCOCC(O)CNc1ccccc1SC(F)F. The molecule has 114 valence electrons. The van der Waals surface area contributed by atoms with Gasteiger partial charge in [0.1, 0.15) is 0 Å². The van der Waals surface area contributed by atoms with Crippen LogP contribution in [0.2, 0.25) is 0 Å². The molecule has 1 aromatic rings. The van der Waals surface area contributed by atoms with Gasteiger partial charge in [-0.25, -0.2) is 0 Å². The van der Waals surface area contributed by atoms with Crippen molar-refractivity contribution >= 4 is 17.4 Å². The fourth-order valence-corrected chi connectivity index (χ4v) is 2.08. The molecule has 4 nitrogen and oxygen atoms in total. The number of benzene rings is 1. The van der Waals surface area contributed by atoms with Crippen molar-refractivity contribution in [3.8, 4) is 0 Å². The molecule has 1 atom stereocenters. The molecule has 20 heavy (non-hydrogen) atoms. The van der Waals surface area contributed by atoms with E-state index in [9.17, 15) is 13.9 Å². The van der Waals surface area contributed by atoms with Crippen LogP contribution in [0.4, 0.5) is 14.5 Å². The Kier molecular flexibility index (Phi) is 8.52. The number of hydrogen-bond acceptors (Lipinski definition) is 5. The van der Waals surface area contributed by atoms with Gasteiger partial charge in [0, 0.05) is 24.2 Å². The molecule has 0 saturated heterocycles. The molecule has 0 radical (unpaired) electrons. The Morgan fingerprint density at radius 2 is 2.05 bits per heavy atom. The van der Waals surface area contributed by atoms with E-state index in [1.165, 1.54) is 0 Å². The monoisotopic (exact) mass is 307 g/mol. The highest BCUT2D eigenvalue weighted by Gasteiger charge is 2.10. The molecule has 0 saturated carbocycles. The molecule has 0 aliphatic carbocycles. The summed E-state index contributed by atoms with van der Waals surface area (Å²) < 4.78 is 34.8. The lowest BCUT2D eigenvalue weighted by Gasteiger charge is -2.15. The van der Waals surface area contributed by atoms with Crippen LogP contribution in [0, 0.1) is 0 Å². The lowest BCUT2D eigenvalue weighted by atomic mass is 10.3. The zero-order valence-electron chi connectivity index (χ0n) is 11.2. The normalized spacial score (nSPS) is 12.7. The first-order chi connectivity index (χ1) is 9.63. The van der Waals surface area contributed by atoms with Crippen LogP contribution in [-0.2, 0) is 9.47 Å². The third kappa shape index (κ3) is 7.04. The Balaban J connectivity index is 2.37. The maximum Gasteiger partial charge on any atom is 0.288 e. The third-order valence-electron chi connectivity index (χ3n) is 2.37. The molecule has 0 aliphatic heterocycles. The van der Waals surface area contributed by atoms with Gasteiger partial charge in [-0.2, -0.15) is 8.78 Å². The summed E-state index contributed by atoms with van der Waals surface area (Å²) in [5, 5.41) is 12.6. The molecule has 0 fully saturated rings. The molecule has 2 N–H and O–H groups in total. The summed E-state index contributed by atoms with van der Waals surface area (Å²) in [7, 11) is 1.57. The van der Waals surface area contributed by atoms with Gasteiger partial charge < -0.3 is 19.9 Å². The fourth-order valence-electron chi connectivity index (χ4n) is 1.46. The third-order valence-corrected chi connectivity index (χ3v) is 3.16. The highest BCUT2D eigenvalue weighted by molar-refractivity contribution is 7.99. The number of aliphatic hydroxyl groups excluding tert-OH is 1. The van der Waals surface area contributed by atoms with E-state index in [0.29, 0.717) is 35.6 Å². The van der Waals surface area contributed by atoms with Gasteiger partial charge in [0.25, 0.3) is 5.76 Å². The second-order valence-electron chi connectivity index (χ2n) is 3.98. The van der Waals surface area contributed by atoms with E-state index in [-0.39, 0.29) is 13.2 Å². The van der Waals surface area contributed by atoms with Gasteiger partial charge in [0.05, 0.1) is 25.9 Å². The number of anilines is 1. The van der Waals surface area contributed by atoms with Crippen LogP contribution in [0.3, 0.4) is 0 Å². The Hall–Kier alpha value is -0.890. The second-order valence-corrected chi connectivity index (χ2v) is 5.01. The minimum absolute atomic E-state index is 0.167. The number of halogens is 2. The molecular formula is C13H19F2NO3S. The highest BCUT2D eigenvalue weighted by atomic mass is 32.2. The number of hydrogen-bond donors (Lipinski definition) is 2. The summed E-state index contributed by atoms with van der Waals surface area (Å²) in [6, 6.07) is 6.75. The molecule has 1 rings (SSSR count). The quantitative estimate of drug-likeness (QED) is 0.514. The van der Waals surface area contributed by atoms with E-state index in [0.717, 1.165) is 0 Å². The minimum Gasteiger partial charge on any atom is -0.389 e. The van der Waals surface area contributed by atoms with Crippen molar-refractivity contribution in [2.75, 3.05) is 38.8 Å². The number of ether oxygens (including phenoxy) is 2. The predicted molar refractivity (Wildman–Crippen MR) is 75.5 cm³/mol. The standard InChI is InChI=1S/C13H19F2NO3S/c1-18-6-7-19-9-10(17)8-16-11-4-2-3-5-12(11)20-13(14)15/h2-5,10,13,16-17H,6-9H2,1H3. The Morgan fingerprint density at radius 1 is 1.30 bits per heavy atom. The van der Waals surface area contributed by atoms with E-state index in [1.807, 2.05) is 0 Å². The zero-order valence-corrected chi connectivity index (χ0v) is 12.0. The Labute approximate surface area is 121 Å². The van der Waals surface area contributed by atoms with Crippen molar-refractivity contribution in [2.24, 2.45) is 0 Å². The van der Waals surface area contributed by atoms with Crippen LogP contribution < -0.4 is 5.32 Å². The molecule has 0 bridgehead atoms. The molecule has 0 amide bonds. The lowest BCUT2D eigenvalue weighted by Crippen LogP contribution is -2.25. The van der Waals surface area contributed by atoms with Gasteiger partial charge in [-0.1, -0.05) is 23.9 Å². The number of methoxy groups -OCH3 is 1. The first-order valence-electron chi connectivity index (χ1n) is 6.16. The van der Waals surface area contributed by atoms with E-state index in [1.54, 1.807) is 31.4 Å². The minimum atomic E-state index is -2.47. The molecule has 1 aromatic carbocycles. The van der Waals surface area contributed by atoms with Gasteiger partial charge >= 0.3 is 0 Å². The smallest absolute Gasteiger partial charge is 0.288 e. The van der Waals surface area contributed by atoms with Crippen molar-refractivity contribution in [1.82, 2.24) is 0 Å². The summed E-state index contributed by atoms with van der Waals surface area (Å²) in [5.74, 6) is -2.47. The Morgan fingerprint density at radius 3 is 2.75 bits per heavy atom. The van der Waals surface area contributed by atoms with E-state index in [4.69, 9.17) is 9.47 Å². The van der Waals surface area contributed by atoms with Crippen molar-refractivity contribution in [1.29, 1.82) is 0 Å². The molecular weight excluding hydrogens is 288 g/mol. The van der Waals surface area contributed by atoms with Gasteiger partial charge in [-0.05, 0) is 12.1 Å². The summed E-state index contributed by atoms with van der Waals surface area (Å²) >= 11 is 0.476. The number of thioether (sulfide) groups is 1. The topological polar surface area (TPSA) is 50.7 Å². The van der Waals surface area contributed by atoms with Crippen molar-refractivity contribution in [3.63, 3.8) is 0 Å². The first-order valence-corrected chi connectivity index (χ1v) is 7.04. The van der Waals surface area contributed by atoms with Crippen LogP contribution in [0.1, 0.15) is 0 Å². The fraction of sp³-hybridized carbons (Fsp3) is 0.538. The van der Waals surface area contributed by atoms with E-state index >= 15 is 0 Å². The maximum atomic E-state index is 12.4. The Bertz CT molecular complexity index is 382. The summed E-state index contributed by atoms with van der Waals surface area (Å²) in [5.41, 5.74) is 0.578. The van der Waals surface area contributed by atoms with Crippen LogP contribution in [-0.4, -0.2) is 50.4 Å². The van der Waals surface area contributed by atoms with Crippen molar-refractivity contribution in [3.05, 3.63) is 24.3 Å². The molecule has 1 unspecified atom stereocenters. The molecule has 7 heteroatoms. The van der Waals surface area contributed by atoms with Crippen LogP contribution in [0.15, 0.2) is 29.2 Å². The predicted octanol–water partition coefficient (Wildman–Crippen LogP) is 2.44. The van der Waals surface area contributed by atoms with Gasteiger partial charge in [-0.3, -0.25) is 0 Å². The number of para-hydroxylation sites is 1. The molecule has 0 aliphatic rings. The van der Waals surface area contributed by atoms with Crippen LogP contribution >= 0.6 is 11.8 Å². The average molecular weight is 307 g/mol. The van der Waals surface area contributed by atoms with Crippen molar-refractivity contribution < 1.29 is 23.4 Å². The molecule has 0 aromatic heterocycles. The molecule has 0 spiro atoms.